The van der Waals surface area contributed by atoms with E-state index in [1.54, 1.807) is 39.5 Å². The molecule has 26 heavy (non-hydrogen) atoms. The lowest BCUT2D eigenvalue weighted by Gasteiger charge is -2.15. The number of nitrogens with zero attached hydrogens (tertiary/aromatic N) is 2. The van der Waals surface area contributed by atoms with Gasteiger partial charge >= 0.3 is 0 Å². The first-order valence-electron chi connectivity index (χ1n) is 7.95. The fourth-order valence-corrected chi connectivity index (χ4v) is 2.34. The lowest BCUT2D eigenvalue weighted by molar-refractivity contribution is 0.390. The molecule has 0 aliphatic heterocycles. The van der Waals surface area contributed by atoms with Crippen molar-refractivity contribution in [3.05, 3.63) is 58.9 Å². The van der Waals surface area contributed by atoms with E-state index in [9.17, 15) is 4.39 Å². The predicted octanol–water partition coefficient (Wildman–Crippen LogP) is 2.58. The molecule has 2 N–H and O–H groups in total. The molecular formula is C19H21FN4O2. The number of nitrogens with one attached hydrogen (secondary N) is 2. The molecule has 0 heterocycles. The standard InChI is InChI=1S/C19H21FN4O2/c1-22-19(23-11-14-5-4-13(10-21)8-17(14)20)24-12-15-6-7-16(25-2)9-18(15)26-3/h4-9H,11-12H2,1-3H3,(H2,22,23,24). The molecule has 0 spiro atoms. The molecule has 7 heteroatoms. The molecular weight excluding hydrogens is 335 g/mol. The van der Waals surface area contributed by atoms with Gasteiger partial charge in [-0.15, -0.1) is 0 Å². The largest absolute Gasteiger partial charge is 0.497 e. The van der Waals surface area contributed by atoms with Crippen LogP contribution in [-0.4, -0.2) is 27.2 Å². The van der Waals surface area contributed by atoms with E-state index in [0.29, 0.717) is 35.1 Å². The van der Waals surface area contributed by atoms with Crippen LogP contribution in [0.2, 0.25) is 0 Å². The summed E-state index contributed by atoms with van der Waals surface area (Å²) >= 11 is 0. The second kappa shape index (κ2) is 9.28. The van der Waals surface area contributed by atoms with Gasteiger partial charge in [0, 0.05) is 37.3 Å². The van der Waals surface area contributed by atoms with Gasteiger partial charge in [0.05, 0.1) is 25.9 Å². The Balaban J connectivity index is 1.97. The van der Waals surface area contributed by atoms with Crippen LogP contribution in [0.1, 0.15) is 16.7 Å². The zero-order valence-corrected chi connectivity index (χ0v) is 15.0. The SMILES string of the molecule is CN=C(NCc1ccc(C#N)cc1F)NCc1ccc(OC)cc1OC. The fraction of sp³-hybridized carbons (Fsp3) is 0.263. The van der Waals surface area contributed by atoms with Gasteiger partial charge < -0.3 is 20.1 Å². The Labute approximate surface area is 152 Å². The minimum absolute atomic E-state index is 0.247. The molecule has 6 nitrogen and oxygen atoms in total. The summed E-state index contributed by atoms with van der Waals surface area (Å²) < 4.78 is 24.5. The van der Waals surface area contributed by atoms with Crippen molar-refractivity contribution in [1.29, 1.82) is 5.26 Å². The molecule has 0 saturated heterocycles. The van der Waals surface area contributed by atoms with Crippen molar-refractivity contribution < 1.29 is 13.9 Å². The van der Waals surface area contributed by atoms with Gasteiger partial charge in [-0.2, -0.15) is 5.26 Å². The molecule has 0 bridgehead atoms. The molecule has 2 aromatic carbocycles. The number of rotatable bonds is 6. The summed E-state index contributed by atoms with van der Waals surface area (Å²) in [5.74, 6) is 1.50. The third-order valence-corrected chi connectivity index (χ3v) is 3.79. The van der Waals surface area contributed by atoms with Crippen LogP contribution in [0.15, 0.2) is 41.4 Å². The summed E-state index contributed by atoms with van der Waals surface area (Å²) in [6, 6.07) is 11.8. The normalized spacial score (nSPS) is 10.8. The number of hydrogen-bond acceptors (Lipinski definition) is 4. The quantitative estimate of drug-likeness (QED) is 0.614. The number of benzene rings is 2. The molecule has 0 amide bonds. The number of halogens is 1. The highest BCUT2D eigenvalue weighted by Gasteiger charge is 2.08. The molecule has 0 unspecified atom stereocenters. The van der Waals surface area contributed by atoms with Gasteiger partial charge in [-0.05, 0) is 24.3 Å². The van der Waals surface area contributed by atoms with Crippen molar-refractivity contribution in [1.82, 2.24) is 10.6 Å². The molecule has 0 aliphatic rings. The monoisotopic (exact) mass is 356 g/mol. The third kappa shape index (κ3) is 4.86. The van der Waals surface area contributed by atoms with Gasteiger partial charge in [0.15, 0.2) is 5.96 Å². The number of nitriles is 1. The first-order valence-corrected chi connectivity index (χ1v) is 7.95. The highest BCUT2D eigenvalue weighted by Crippen LogP contribution is 2.24. The van der Waals surface area contributed by atoms with Crippen LogP contribution in [0.4, 0.5) is 4.39 Å². The fourth-order valence-electron chi connectivity index (χ4n) is 2.34. The first kappa shape index (κ1) is 19.1. The average molecular weight is 356 g/mol. The summed E-state index contributed by atoms with van der Waals surface area (Å²) in [5.41, 5.74) is 1.68. The van der Waals surface area contributed by atoms with Crippen LogP contribution in [0.5, 0.6) is 11.5 Å². The molecule has 0 fully saturated rings. The Bertz CT molecular complexity index is 831. The van der Waals surface area contributed by atoms with Crippen LogP contribution in [0, 0.1) is 17.1 Å². The first-order chi connectivity index (χ1) is 12.6. The topological polar surface area (TPSA) is 78.7 Å². The van der Waals surface area contributed by atoms with Gasteiger partial charge in [0.25, 0.3) is 0 Å². The molecule has 0 aliphatic carbocycles. The summed E-state index contributed by atoms with van der Waals surface area (Å²) in [4.78, 5) is 4.12. The Morgan fingerprint density at radius 3 is 2.35 bits per heavy atom. The van der Waals surface area contributed by atoms with Crippen LogP contribution in [0.3, 0.4) is 0 Å². The molecule has 0 saturated carbocycles. The van der Waals surface area contributed by atoms with Crippen molar-refractivity contribution in [2.24, 2.45) is 4.99 Å². The van der Waals surface area contributed by atoms with Crippen molar-refractivity contribution in [2.75, 3.05) is 21.3 Å². The van der Waals surface area contributed by atoms with E-state index < -0.39 is 5.82 Å². The van der Waals surface area contributed by atoms with E-state index in [2.05, 4.69) is 15.6 Å². The van der Waals surface area contributed by atoms with Crippen molar-refractivity contribution in [3.63, 3.8) is 0 Å². The Kier molecular flexibility index (Phi) is 6.80. The van der Waals surface area contributed by atoms with Crippen molar-refractivity contribution in [3.8, 4) is 17.6 Å². The Morgan fingerprint density at radius 1 is 1.08 bits per heavy atom. The Hall–Kier alpha value is -3.27. The van der Waals surface area contributed by atoms with E-state index in [1.165, 1.54) is 6.07 Å². The van der Waals surface area contributed by atoms with Gasteiger partial charge in [-0.1, -0.05) is 6.07 Å². The number of guanidine groups is 1. The lowest BCUT2D eigenvalue weighted by atomic mass is 10.1. The van der Waals surface area contributed by atoms with Gasteiger partial charge in [0.1, 0.15) is 17.3 Å². The second-order valence-electron chi connectivity index (χ2n) is 5.38. The van der Waals surface area contributed by atoms with E-state index in [0.717, 1.165) is 5.56 Å². The van der Waals surface area contributed by atoms with E-state index in [1.807, 2.05) is 18.2 Å². The molecule has 2 aromatic rings. The smallest absolute Gasteiger partial charge is 0.191 e. The number of aliphatic imine (C=N–C) groups is 1. The van der Waals surface area contributed by atoms with E-state index in [4.69, 9.17) is 14.7 Å². The van der Waals surface area contributed by atoms with Crippen molar-refractivity contribution >= 4 is 5.96 Å². The lowest BCUT2D eigenvalue weighted by Crippen LogP contribution is -2.36. The number of hydrogen-bond donors (Lipinski definition) is 2. The van der Waals surface area contributed by atoms with Gasteiger partial charge in [-0.3, -0.25) is 4.99 Å². The summed E-state index contributed by atoms with van der Waals surface area (Å²) in [6.45, 7) is 0.722. The van der Waals surface area contributed by atoms with Crippen molar-refractivity contribution in [2.45, 2.75) is 13.1 Å². The Morgan fingerprint density at radius 2 is 1.77 bits per heavy atom. The maximum absolute atomic E-state index is 13.9. The maximum Gasteiger partial charge on any atom is 0.191 e. The molecule has 0 radical (unpaired) electrons. The van der Waals surface area contributed by atoms with Gasteiger partial charge in [-0.25, -0.2) is 4.39 Å². The molecule has 136 valence electrons. The van der Waals surface area contributed by atoms with Crippen LogP contribution < -0.4 is 20.1 Å². The molecule has 0 atom stereocenters. The number of methoxy groups -OCH3 is 2. The average Bonchev–Trinajstić information content (AvgIpc) is 2.68. The zero-order valence-electron chi connectivity index (χ0n) is 15.0. The minimum Gasteiger partial charge on any atom is -0.497 e. The summed E-state index contributed by atoms with van der Waals surface area (Å²) in [7, 11) is 4.83. The number of ether oxygens (including phenoxy) is 2. The van der Waals surface area contributed by atoms with Crippen LogP contribution >= 0.6 is 0 Å². The van der Waals surface area contributed by atoms with E-state index in [-0.39, 0.29) is 6.54 Å². The molecule has 2 rings (SSSR count). The van der Waals surface area contributed by atoms with Crippen LogP contribution in [-0.2, 0) is 13.1 Å². The van der Waals surface area contributed by atoms with Crippen LogP contribution in [0.25, 0.3) is 0 Å². The predicted molar refractivity (Wildman–Crippen MR) is 97.7 cm³/mol. The zero-order chi connectivity index (χ0) is 18.9. The minimum atomic E-state index is -0.427. The van der Waals surface area contributed by atoms with E-state index >= 15 is 0 Å². The second-order valence-corrected chi connectivity index (χ2v) is 5.38. The summed E-state index contributed by atoms with van der Waals surface area (Å²) in [5, 5.41) is 15.0. The highest BCUT2D eigenvalue weighted by atomic mass is 19.1. The third-order valence-electron chi connectivity index (χ3n) is 3.79. The van der Waals surface area contributed by atoms with Gasteiger partial charge in [0.2, 0.25) is 0 Å². The maximum atomic E-state index is 13.9. The molecule has 0 aromatic heterocycles. The summed E-state index contributed by atoms with van der Waals surface area (Å²) in [6.07, 6.45) is 0. The highest BCUT2D eigenvalue weighted by molar-refractivity contribution is 5.79.